The van der Waals surface area contributed by atoms with Crippen molar-refractivity contribution < 1.29 is 13.2 Å². The van der Waals surface area contributed by atoms with Gasteiger partial charge in [0.15, 0.2) is 5.82 Å². The van der Waals surface area contributed by atoms with Gasteiger partial charge in [0.2, 0.25) is 0 Å². The molecule has 8 heteroatoms. The molecule has 0 aliphatic heterocycles. The number of nitrogens with one attached hydrogen (secondary N) is 1. The molecule has 4 aromatic rings. The molecule has 0 aliphatic rings. The molecule has 2 aromatic carbocycles. The molecule has 2 aromatic heterocycles. The minimum atomic E-state index is -4.36. The highest BCUT2D eigenvalue weighted by Crippen LogP contribution is 2.30. The predicted octanol–water partition coefficient (Wildman–Crippen LogP) is 7.32. The zero-order valence-corrected chi connectivity index (χ0v) is 19.9. The van der Waals surface area contributed by atoms with Crippen molar-refractivity contribution >= 4 is 17.3 Å². The molecule has 0 saturated carbocycles. The zero-order valence-electron chi connectivity index (χ0n) is 19.9. The van der Waals surface area contributed by atoms with Crippen molar-refractivity contribution in [3.05, 3.63) is 83.3 Å². The molecule has 0 saturated heterocycles. The average Bonchev–Trinajstić information content (AvgIpc) is 3.24. The molecule has 0 spiro atoms. The summed E-state index contributed by atoms with van der Waals surface area (Å²) < 4.78 is 40.1. The van der Waals surface area contributed by atoms with E-state index in [0.717, 1.165) is 49.3 Å². The topological polar surface area (TPSA) is 55.1 Å². The van der Waals surface area contributed by atoms with Crippen LogP contribution >= 0.6 is 0 Å². The van der Waals surface area contributed by atoms with Crippen molar-refractivity contribution in [3.8, 4) is 0 Å². The molecule has 0 amide bonds. The van der Waals surface area contributed by atoms with Crippen molar-refractivity contribution in [1.29, 1.82) is 0 Å². The largest absolute Gasteiger partial charge is 0.416 e. The highest BCUT2D eigenvalue weighted by atomic mass is 19.4. The number of hydrogen-bond acceptors (Lipinski definition) is 4. The van der Waals surface area contributed by atoms with E-state index in [4.69, 9.17) is 0 Å². The van der Waals surface area contributed by atoms with Crippen LogP contribution < -0.4 is 5.32 Å². The first-order chi connectivity index (χ1) is 16.9. The number of alkyl halides is 3. The van der Waals surface area contributed by atoms with E-state index in [9.17, 15) is 13.2 Å². The van der Waals surface area contributed by atoms with Gasteiger partial charge in [0.1, 0.15) is 5.82 Å². The average molecular weight is 482 g/mol. The first kappa shape index (κ1) is 24.7. The van der Waals surface area contributed by atoms with E-state index in [1.807, 2.05) is 6.92 Å². The summed E-state index contributed by atoms with van der Waals surface area (Å²) in [6, 6.07) is 17.3. The molecule has 35 heavy (non-hydrogen) atoms. The van der Waals surface area contributed by atoms with E-state index in [-0.39, 0.29) is 0 Å². The minimum Gasteiger partial charge on any atom is -0.340 e. The molecule has 0 unspecified atom stereocenters. The SMILES string of the molecule is Cc1cc(Nc2ccc(C(F)(F)F)cc2)n2nc(CCCCCCCCc3ccccc3)nc2n1. The fourth-order valence-corrected chi connectivity index (χ4v) is 4.08. The fourth-order valence-electron chi connectivity index (χ4n) is 4.08. The van der Waals surface area contributed by atoms with Crippen molar-refractivity contribution in [2.45, 2.75) is 64.5 Å². The fraction of sp³-hybridized carbons (Fsp3) is 0.370. The third-order valence-corrected chi connectivity index (χ3v) is 5.93. The van der Waals surface area contributed by atoms with Gasteiger partial charge in [-0.2, -0.15) is 22.7 Å². The van der Waals surface area contributed by atoms with Crippen LogP contribution in [0.15, 0.2) is 60.7 Å². The Morgan fingerprint density at radius 1 is 0.800 bits per heavy atom. The van der Waals surface area contributed by atoms with Gasteiger partial charge in [0.25, 0.3) is 5.78 Å². The summed E-state index contributed by atoms with van der Waals surface area (Å²) in [6.07, 6.45) is 4.57. The number of hydrogen-bond donors (Lipinski definition) is 1. The van der Waals surface area contributed by atoms with Crippen LogP contribution in [0, 0.1) is 6.92 Å². The van der Waals surface area contributed by atoms with Crippen LogP contribution in [0.4, 0.5) is 24.7 Å². The van der Waals surface area contributed by atoms with Crippen LogP contribution in [-0.2, 0) is 19.0 Å². The van der Waals surface area contributed by atoms with E-state index in [1.165, 1.54) is 43.4 Å². The molecular weight excluding hydrogens is 451 g/mol. The third-order valence-electron chi connectivity index (χ3n) is 5.93. The van der Waals surface area contributed by atoms with Gasteiger partial charge in [-0.3, -0.25) is 0 Å². The van der Waals surface area contributed by atoms with Gasteiger partial charge in [-0.25, -0.2) is 4.98 Å². The van der Waals surface area contributed by atoms with Crippen LogP contribution in [0.5, 0.6) is 0 Å². The normalized spacial score (nSPS) is 11.8. The quantitative estimate of drug-likeness (QED) is 0.228. The van der Waals surface area contributed by atoms with E-state index in [2.05, 4.69) is 50.7 Å². The molecule has 184 valence electrons. The monoisotopic (exact) mass is 481 g/mol. The number of fused-ring (bicyclic) bond motifs is 1. The Labute approximate surface area is 203 Å². The zero-order chi connectivity index (χ0) is 24.7. The maximum Gasteiger partial charge on any atom is 0.416 e. The van der Waals surface area contributed by atoms with Crippen molar-refractivity contribution in [2.24, 2.45) is 0 Å². The number of halogens is 3. The number of aryl methyl sites for hydroxylation is 3. The molecule has 0 bridgehead atoms. The van der Waals surface area contributed by atoms with E-state index < -0.39 is 11.7 Å². The molecule has 2 heterocycles. The Morgan fingerprint density at radius 2 is 1.46 bits per heavy atom. The minimum absolute atomic E-state index is 0.482. The second-order valence-corrected chi connectivity index (χ2v) is 8.83. The van der Waals surface area contributed by atoms with Crippen LogP contribution in [0.3, 0.4) is 0 Å². The Hall–Kier alpha value is -3.42. The Kier molecular flexibility index (Phi) is 8.00. The molecule has 4 rings (SSSR count). The lowest BCUT2D eigenvalue weighted by atomic mass is 10.0. The number of rotatable bonds is 11. The smallest absolute Gasteiger partial charge is 0.340 e. The van der Waals surface area contributed by atoms with E-state index >= 15 is 0 Å². The second-order valence-electron chi connectivity index (χ2n) is 8.83. The summed E-state index contributed by atoms with van der Waals surface area (Å²) in [6.45, 7) is 1.85. The van der Waals surface area contributed by atoms with Crippen molar-refractivity contribution in [1.82, 2.24) is 19.6 Å². The van der Waals surface area contributed by atoms with Crippen LogP contribution in [0.2, 0.25) is 0 Å². The van der Waals surface area contributed by atoms with Crippen molar-refractivity contribution in [2.75, 3.05) is 5.32 Å². The highest BCUT2D eigenvalue weighted by molar-refractivity contribution is 5.59. The van der Waals surface area contributed by atoms with Gasteiger partial charge in [-0.1, -0.05) is 56.0 Å². The van der Waals surface area contributed by atoms with Crippen LogP contribution in [0.25, 0.3) is 5.78 Å². The predicted molar refractivity (Wildman–Crippen MR) is 132 cm³/mol. The molecule has 1 N–H and O–H groups in total. The summed E-state index contributed by atoms with van der Waals surface area (Å²) in [5.74, 6) is 1.82. The maximum atomic E-state index is 12.8. The summed E-state index contributed by atoms with van der Waals surface area (Å²) in [5.41, 5.74) is 2.01. The number of aromatic nitrogens is 4. The number of unbranched alkanes of at least 4 members (excludes halogenated alkanes) is 5. The lowest BCUT2D eigenvalue weighted by Gasteiger charge is -2.10. The molecule has 0 radical (unpaired) electrons. The lowest BCUT2D eigenvalue weighted by molar-refractivity contribution is -0.137. The van der Waals surface area contributed by atoms with Gasteiger partial charge in [-0.05, 0) is 56.0 Å². The van der Waals surface area contributed by atoms with Gasteiger partial charge in [-0.15, -0.1) is 5.10 Å². The summed E-state index contributed by atoms with van der Waals surface area (Å²) >= 11 is 0. The van der Waals surface area contributed by atoms with Gasteiger partial charge in [0.05, 0.1) is 5.56 Å². The van der Waals surface area contributed by atoms with Gasteiger partial charge < -0.3 is 5.32 Å². The summed E-state index contributed by atoms with van der Waals surface area (Å²) in [5, 5.41) is 7.73. The summed E-state index contributed by atoms with van der Waals surface area (Å²) in [4.78, 5) is 9.00. The lowest BCUT2D eigenvalue weighted by Crippen LogP contribution is -2.05. The van der Waals surface area contributed by atoms with Gasteiger partial charge in [0, 0.05) is 23.9 Å². The number of nitrogens with zero attached hydrogens (tertiary/aromatic N) is 4. The van der Waals surface area contributed by atoms with Crippen molar-refractivity contribution in [3.63, 3.8) is 0 Å². The third kappa shape index (κ3) is 7.04. The molecule has 0 aliphatic carbocycles. The molecular formula is C27H30F3N5. The molecule has 0 atom stereocenters. The number of anilines is 2. The molecule has 0 fully saturated rings. The Morgan fingerprint density at radius 3 is 2.14 bits per heavy atom. The Bertz CT molecular complexity index is 1220. The Balaban J connectivity index is 1.27. The van der Waals surface area contributed by atoms with E-state index in [1.54, 1.807) is 10.6 Å². The molecule has 5 nitrogen and oxygen atoms in total. The number of benzene rings is 2. The van der Waals surface area contributed by atoms with Crippen LogP contribution in [-0.4, -0.2) is 19.6 Å². The standard InChI is InChI=1S/C27H30F3N5/c1-20-19-25(32-23-17-15-22(16-18-23)27(28,29)30)35-26(31-20)33-24(34-35)14-10-5-3-2-4-7-11-21-12-8-6-9-13-21/h6,8-9,12-13,15-19,32H,2-5,7,10-11,14H2,1H3. The first-order valence-corrected chi connectivity index (χ1v) is 12.1. The first-order valence-electron chi connectivity index (χ1n) is 12.1. The van der Waals surface area contributed by atoms with Gasteiger partial charge >= 0.3 is 6.18 Å². The van der Waals surface area contributed by atoms with Crippen LogP contribution in [0.1, 0.15) is 61.2 Å². The highest BCUT2D eigenvalue weighted by Gasteiger charge is 2.30. The summed E-state index contributed by atoms with van der Waals surface area (Å²) in [7, 11) is 0. The maximum absolute atomic E-state index is 12.8. The second kappa shape index (κ2) is 11.3. The van der Waals surface area contributed by atoms with E-state index in [0.29, 0.717) is 17.3 Å².